The summed E-state index contributed by atoms with van der Waals surface area (Å²) in [5.74, 6) is -1.28. The highest BCUT2D eigenvalue weighted by molar-refractivity contribution is 5.97. The minimum absolute atomic E-state index is 0.136. The average Bonchev–Trinajstić information content (AvgIpc) is 2.46. The number of carbonyl (C=O) groups is 2. The van der Waals surface area contributed by atoms with Crippen LogP contribution in [-0.2, 0) is 4.79 Å². The number of aliphatic carboxylic acids is 1. The molecule has 2 rings (SSSR count). The summed E-state index contributed by atoms with van der Waals surface area (Å²) in [6, 6.07) is 3.35. The van der Waals surface area contributed by atoms with Crippen molar-refractivity contribution in [3.05, 3.63) is 39.4 Å². The van der Waals surface area contributed by atoms with Gasteiger partial charge in [0, 0.05) is 23.7 Å². The molecule has 2 atom stereocenters. The maximum atomic E-state index is 12.5. The summed E-state index contributed by atoms with van der Waals surface area (Å²) in [6.45, 7) is 3.89. The molecule has 118 valence electrons. The van der Waals surface area contributed by atoms with E-state index in [-0.39, 0.29) is 17.2 Å². The van der Waals surface area contributed by atoms with Gasteiger partial charge in [0.25, 0.3) is 11.6 Å². The average molecular weight is 306 g/mol. The third kappa shape index (κ3) is 3.08. The number of likely N-dealkylation sites (tertiary alicyclic amines) is 1. The fraction of sp³-hybridized carbons (Fsp3) is 0.467. The molecule has 1 aromatic rings. The number of carbonyl (C=O) groups excluding carboxylic acids is 1. The number of hydrogen-bond acceptors (Lipinski definition) is 4. The fourth-order valence-corrected chi connectivity index (χ4v) is 2.72. The first-order valence-electron chi connectivity index (χ1n) is 7.10. The third-order valence-electron chi connectivity index (χ3n) is 4.06. The molecule has 1 fully saturated rings. The molecule has 22 heavy (non-hydrogen) atoms. The zero-order chi connectivity index (χ0) is 16.4. The molecule has 0 saturated carbocycles. The van der Waals surface area contributed by atoms with E-state index in [2.05, 4.69) is 0 Å². The molecular formula is C15H18N2O5. The van der Waals surface area contributed by atoms with Gasteiger partial charge in [-0.25, -0.2) is 4.79 Å². The highest BCUT2D eigenvalue weighted by Crippen LogP contribution is 2.26. The van der Waals surface area contributed by atoms with Crippen molar-refractivity contribution in [2.45, 2.75) is 32.7 Å². The van der Waals surface area contributed by atoms with E-state index in [4.69, 9.17) is 0 Å². The highest BCUT2D eigenvalue weighted by Gasteiger charge is 2.35. The number of amides is 1. The van der Waals surface area contributed by atoms with E-state index in [1.807, 2.05) is 6.92 Å². The second kappa shape index (κ2) is 6.13. The Balaban J connectivity index is 2.32. The number of nitrogens with zero attached hydrogens (tertiary/aromatic N) is 2. The Hall–Kier alpha value is -2.44. The first kappa shape index (κ1) is 15.9. The van der Waals surface area contributed by atoms with E-state index < -0.39 is 22.8 Å². The minimum Gasteiger partial charge on any atom is -0.480 e. The van der Waals surface area contributed by atoms with E-state index >= 15 is 0 Å². The molecule has 1 saturated heterocycles. The SMILES string of the molecule is Cc1ccc(C(=O)N2CCC(C)CC2C(=O)O)cc1[N+](=O)[O-]. The van der Waals surface area contributed by atoms with Crippen LogP contribution < -0.4 is 0 Å². The van der Waals surface area contributed by atoms with E-state index in [9.17, 15) is 24.8 Å². The Labute approximate surface area is 127 Å². The quantitative estimate of drug-likeness (QED) is 0.681. The number of benzene rings is 1. The molecule has 0 aliphatic carbocycles. The lowest BCUT2D eigenvalue weighted by Gasteiger charge is -2.36. The van der Waals surface area contributed by atoms with Gasteiger partial charge in [0.1, 0.15) is 6.04 Å². The van der Waals surface area contributed by atoms with Crippen molar-refractivity contribution >= 4 is 17.6 Å². The van der Waals surface area contributed by atoms with E-state index in [0.29, 0.717) is 18.5 Å². The van der Waals surface area contributed by atoms with Gasteiger partial charge in [0.2, 0.25) is 0 Å². The maximum Gasteiger partial charge on any atom is 0.326 e. The third-order valence-corrected chi connectivity index (χ3v) is 4.06. The van der Waals surface area contributed by atoms with E-state index in [1.165, 1.54) is 23.1 Å². The van der Waals surface area contributed by atoms with Crippen molar-refractivity contribution in [3.8, 4) is 0 Å². The number of nitro benzene ring substituents is 1. The van der Waals surface area contributed by atoms with Crippen LogP contribution in [0.25, 0.3) is 0 Å². The number of hydrogen-bond donors (Lipinski definition) is 1. The van der Waals surface area contributed by atoms with Crippen LogP contribution in [0.4, 0.5) is 5.69 Å². The van der Waals surface area contributed by atoms with Crippen molar-refractivity contribution in [2.75, 3.05) is 6.54 Å². The van der Waals surface area contributed by atoms with Crippen LogP contribution in [0.15, 0.2) is 18.2 Å². The summed E-state index contributed by atoms with van der Waals surface area (Å²) < 4.78 is 0. The molecule has 1 amide bonds. The lowest BCUT2D eigenvalue weighted by Crippen LogP contribution is -2.49. The summed E-state index contributed by atoms with van der Waals surface area (Å²) in [6.07, 6.45) is 1.12. The fourth-order valence-electron chi connectivity index (χ4n) is 2.72. The number of nitro groups is 1. The molecule has 1 aromatic carbocycles. The molecule has 0 radical (unpaired) electrons. The number of piperidine rings is 1. The van der Waals surface area contributed by atoms with Crippen molar-refractivity contribution in [1.82, 2.24) is 4.90 Å². The van der Waals surface area contributed by atoms with Crippen LogP contribution in [0.5, 0.6) is 0 Å². The van der Waals surface area contributed by atoms with E-state index in [1.54, 1.807) is 6.92 Å². The summed E-state index contributed by atoms with van der Waals surface area (Å²) in [5.41, 5.74) is 0.477. The Morgan fingerprint density at radius 3 is 2.68 bits per heavy atom. The van der Waals surface area contributed by atoms with Crippen LogP contribution in [0.2, 0.25) is 0 Å². The van der Waals surface area contributed by atoms with Crippen LogP contribution in [0.3, 0.4) is 0 Å². The number of carboxylic acids is 1. The van der Waals surface area contributed by atoms with Crippen molar-refractivity contribution in [1.29, 1.82) is 0 Å². The van der Waals surface area contributed by atoms with Crippen molar-refractivity contribution < 1.29 is 19.6 Å². The summed E-state index contributed by atoms with van der Waals surface area (Å²) >= 11 is 0. The first-order chi connectivity index (χ1) is 10.3. The lowest BCUT2D eigenvalue weighted by atomic mass is 9.91. The first-order valence-corrected chi connectivity index (χ1v) is 7.10. The van der Waals surface area contributed by atoms with Crippen LogP contribution in [-0.4, -0.2) is 39.4 Å². The predicted octanol–water partition coefficient (Wildman–Crippen LogP) is 2.23. The van der Waals surface area contributed by atoms with Gasteiger partial charge < -0.3 is 10.0 Å². The van der Waals surface area contributed by atoms with Gasteiger partial charge in [0.05, 0.1) is 4.92 Å². The molecule has 1 heterocycles. The smallest absolute Gasteiger partial charge is 0.326 e. The Bertz CT molecular complexity index is 628. The monoisotopic (exact) mass is 306 g/mol. The van der Waals surface area contributed by atoms with Crippen LogP contribution >= 0.6 is 0 Å². The Kier molecular flexibility index (Phi) is 4.44. The molecule has 7 heteroatoms. The molecule has 0 aromatic heterocycles. The predicted molar refractivity (Wildman–Crippen MR) is 78.7 cm³/mol. The zero-order valence-electron chi connectivity index (χ0n) is 12.5. The van der Waals surface area contributed by atoms with E-state index in [0.717, 1.165) is 6.42 Å². The van der Waals surface area contributed by atoms with Gasteiger partial charge in [0.15, 0.2) is 0 Å². The molecule has 1 aliphatic heterocycles. The molecule has 1 N–H and O–H groups in total. The summed E-state index contributed by atoms with van der Waals surface area (Å²) in [5, 5.41) is 20.3. The second-order valence-corrected chi connectivity index (χ2v) is 5.74. The number of aryl methyl sites for hydroxylation is 1. The standard InChI is InChI=1S/C15H18N2O5/c1-9-5-6-16(13(7-9)15(19)20)14(18)11-4-3-10(2)12(8-11)17(21)22/h3-4,8-9,13H,5-7H2,1-2H3,(H,19,20). The molecule has 7 nitrogen and oxygen atoms in total. The minimum atomic E-state index is -1.04. The molecule has 0 bridgehead atoms. The zero-order valence-corrected chi connectivity index (χ0v) is 12.5. The van der Waals surface area contributed by atoms with Crippen LogP contribution in [0, 0.1) is 23.0 Å². The molecule has 2 unspecified atom stereocenters. The van der Waals surface area contributed by atoms with Crippen molar-refractivity contribution in [3.63, 3.8) is 0 Å². The summed E-state index contributed by atoms with van der Waals surface area (Å²) in [7, 11) is 0. The Morgan fingerprint density at radius 1 is 1.41 bits per heavy atom. The van der Waals surface area contributed by atoms with Gasteiger partial charge in [-0.05, 0) is 31.7 Å². The van der Waals surface area contributed by atoms with Gasteiger partial charge in [-0.1, -0.05) is 13.0 Å². The van der Waals surface area contributed by atoms with Gasteiger partial charge >= 0.3 is 5.97 Å². The lowest BCUT2D eigenvalue weighted by molar-refractivity contribution is -0.385. The van der Waals surface area contributed by atoms with Gasteiger partial charge in [-0.3, -0.25) is 14.9 Å². The summed E-state index contributed by atoms with van der Waals surface area (Å²) in [4.78, 5) is 35.7. The highest BCUT2D eigenvalue weighted by atomic mass is 16.6. The topological polar surface area (TPSA) is 101 Å². The molecule has 1 aliphatic rings. The Morgan fingerprint density at radius 2 is 2.09 bits per heavy atom. The van der Waals surface area contributed by atoms with Gasteiger partial charge in [-0.2, -0.15) is 0 Å². The normalized spacial score (nSPS) is 21.5. The number of rotatable bonds is 3. The van der Waals surface area contributed by atoms with Gasteiger partial charge in [-0.15, -0.1) is 0 Å². The van der Waals surface area contributed by atoms with Crippen LogP contribution in [0.1, 0.15) is 35.7 Å². The maximum absolute atomic E-state index is 12.5. The largest absolute Gasteiger partial charge is 0.480 e. The second-order valence-electron chi connectivity index (χ2n) is 5.74. The molecule has 0 spiro atoms. The van der Waals surface area contributed by atoms with Crippen molar-refractivity contribution in [2.24, 2.45) is 5.92 Å². The molecular weight excluding hydrogens is 288 g/mol. The number of carboxylic acid groups (broad SMARTS) is 1.